The van der Waals surface area contributed by atoms with Crippen molar-refractivity contribution in [3.05, 3.63) is 33.5 Å². The lowest BCUT2D eigenvalue weighted by molar-refractivity contribution is 0.0946. The minimum absolute atomic E-state index is 0.164. The van der Waals surface area contributed by atoms with Gasteiger partial charge in [-0.2, -0.15) is 5.10 Å². The summed E-state index contributed by atoms with van der Waals surface area (Å²) in [5, 5.41) is 9.63. The SMILES string of the molecule is Cc1c(CNC(=O)c2csc(CCN)n2)cnn1C. The van der Waals surface area contributed by atoms with Crippen LogP contribution in [0.2, 0.25) is 0 Å². The van der Waals surface area contributed by atoms with Crippen LogP contribution < -0.4 is 11.1 Å². The molecule has 0 bridgehead atoms. The van der Waals surface area contributed by atoms with Crippen LogP contribution in [-0.2, 0) is 20.0 Å². The first-order valence-corrected chi connectivity index (χ1v) is 6.90. The molecule has 0 fully saturated rings. The lowest BCUT2D eigenvalue weighted by atomic mass is 10.2. The molecule has 0 aliphatic carbocycles. The number of rotatable bonds is 5. The van der Waals surface area contributed by atoms with E-state index in [0.29, 0.717) is 25.2 Å². The number of aryl methyl sites for hydroxylation is 1. The number of nitrogens with zero attached hydrogens (tertiary/aromatic N) is 3. The molecule has 2 aromatic rings. The number of thiazole rings is 1. The highest BCUT2D eigenvalue weighted by Crippen LogP contribution is 2.10. The summed E-state index contributed by atoms with van der Waals surface area (Å²) in [7, 11) is 1.88. The van der Waals surface area contributed by atoms with E-state index in [-0.39, 0.29) is 5.91 Å². The summed E-state index contributed by atoms with van der Waals surface area (Å²) in [6.07, 6.45) is 2.47. The van der Waals surface area contributed by atoms with Crippen molar-refractivity contribution >= 4 is 17.2 Å². The average Bonchev–Trinajstić information content (AvgIpc) is 2.97. The zero-order chi connectivity index (χ0) is 13.8. The van der Waals surface area contributed by atoms with Crippen LogP contribution in [0.25, 0.3) is 0 Å². The number of amides is 1. The molecule has 0 atom stereocenters. The van der Waals surface area contributed by atoms with E-state index in [1.807, 2.05) is 14.0 Å². The van der Waals surface area contributed by atoms with E-state index >= 15 is 0 Å². The number of nitrogens with two attached hydrogens (primary N) is 1. The maximum Gasteiger partial charge on any atom is 0.271 e. The van der Waals surface area contributed by atoms with Crippen molar-refractivity contribution in [2.24, 2.45) is 12.8 Å². The Morgan fingerprint density at radius 1 is 1.58 bits per heavy atom. The number of carbonyl (C=O) groups excluding carboxylic acids is 1. The third kappa shape index (κ3) is 3.18. The molecule has 1 amide bonds. The van der Waals surface area contributed by atoms with Crippen LogP contribution >= 0.6 is 11.3 Å². The number of hydrogen-bond acceptors (Lipinski definition) is 5. The Bertz CT molecular complexity index is 574. The molecule has 0 saturated heterocycles. The van der Waals surface area contributed by atoms with Gasteiger partial charge in [0, 0.05) is 36.7 Å². The molecule has 0 radical (unpaired) electrons. The van der Waals surface area contributed by atoms with Gasteiger partial charge in [-0.25, -0.2) is 4.98 Å². The molecule has 6 nitrogen and oxygen atoms in total. The zero-order valence-electron chi connectivity index (χ0n) is 11.0. The fourth-order valence-corrected chi connectivity index (χ4v) is 2.43. The molecule has 0 saturated carbocycles. The van der Waals surface area contributed by atoms with Gasteiger partial charge in [-0.05, 0) is 13.5 Å². The Hall–Kier alpha value is -1.73. The monoisotopic (exact) mass is 279 g/mol. The van der Waals surface area contributed by atoms with Crippen molar-refractivity contribution in [3.8, 4) is 0 Å². The smallest absolute Gasteiger partial charge is 0.271 e. The third-order valence-electron chi connectivity index (χ3n) is 2.92. The van der Waals surface area contributed by atoms with Crippen molar-refractivity contribution in [1.82, 2.24) is 20.1 Å². The van der Waals surface area contributed by atoms with E-state index in [2.05, 4.69) is 15.4 Å². The lowest BCUT2D eigenvalue weighted by Gasteiger charge is -2.02. The molecule has 102 valence electrons. The van der Waals surface area contributed by atoms with Crippen LogP contribution in [0.4, 0.5) is 0 Å². The van der Waals surface area contributed by atoms with Gasteiger partial charge < -0.3 is 11.1 Å². The summed E-state index contributed by atoms with van der Waals surface area (Å²) in [5.74, 6) is -0.164. The fraction of sp³-hybridized carbons (Fsp3) is 0.417. The second-order valence-electron chi connectivity index (χ2n) is 4.23. The van der Waals surface area contributed by atoms with Crippen LogP contribution in [0.5, 0.6) is 0 Å². The third-order valence-corrected chi connectivity index (χ3v) is 3.83. The van der Waals surface area contributed by atoms with E-state index in [9.17, 15) is 4.79 Å². The van der Waals surface area contributed by atoms with Gasteiger partial charge in [0.05, 0.1) is 11.2 Å². The molecule has 3 N–H and O–H groups in total. The first-order valence-electron chi connectivity index (χ1n) is 6.02. The minimum Gasteiger partial charge on any atom is -0.346 e. The van der Waals surface area contributed by atoms with E-state index < -0.39 is 0 Å². The summed E-state index contributed by atoms with van der Waals surface area (Å²) < 4.78 is 1.78. The Morgan fingerprint density at radius 2 is 2.37 bits per heavy atom. The fourth-order valence-electron chi connectivity index (χ4n) is 1.64. The van der Waals surface area contributed by atoms with Crippen molar-refractivity contribution in [3.63, 3.8) is 0 Å². The summed E-state index contributed by atoms with van der Waals surface area (Å²) >= 11 is 1.46. The van der Waals surface area contributed by atoms with Crippen LogP contribution in [0.3, 0.4) is 0 Å². The van der Waals surface area contributed by atoms with Crippen molar-refractivity contribution < 1.29 is 4.79 Å². The highest BCUT2D eigenvalue weighted by molar-refractivity contribution is 7.09. The summed E-state index contributed by atoms with van der Waals surface area (Å²) in [5.41, 5.74) is 7.96. The Balaban J connectivity index is 1.95. The molecule has 0 aliphatic rings. The Kier molecular flexibility index (Phi) is 4.28. The number of carbonyl (C=O) groups is 1. The van der Waals surface area contributed by atoms with Crippen molar-refractivity contribution in [2.75, 3.05) is 6.54 Å². The second-order valence-corrected chi connectivity index (χ2v) is 5.17. The first kappa shape index (κ1) is 13.7. The maximum absolute atomic E-state index is 11.9. The zero-order valence-corrected chi connectivity index (χ0v) is 11.8. The molecule has 0 aromatic carbocycles. The van der Waals surface area contributed by atoms with Gasteiger partial charge in [-0.3, -0.25) is 9.48 Å². The molecule has 0 aliphatic heterocycles. The van der Waals surface area contributed by atoms with E-state index in [0.717, 1.165) is 16.3 Å². The number of aromatic nitrogens is 3. The molecular formula is C12H17N5OS. The van der Waals surface area contributed by atoms with Gasteiger partial charge in [-0.1, -0.05) is 0 Å². The average molecular weight is 279 g/mol. The Morgan fingerprint density at radius 3 is 3.00 bits per heavy atom. The molecule has 2 rings (SSSR count). The van der Waals surface area contributed by atoms with Gasteiger partial charge in [0.2, 0.25) is 0 Å². The predicted molar refractivity (Wildman–Crippen MR) is 74.0 cm³/mol. The summed E-state index contributed by atoms with van der Waals surface area (Å²) in [6.45, 7) is 2.97. The lowest BCUT2D eigenvalue weighted by Crippen LogP contribution is -2.23. The van der Waals surface area contributed by atoms with Crippen molar-refractivity contribution in [1.29, 1.82) is 0 Å². The number of nitrogens with one attached hydrogen (secondary N) is 1. The molecular weight excluding hydrogens is 262 g/mol. The van der Waals surface area contributed by atoms with Gasteiger partial charge in [0.1, 0.15) is 5.69 Å². The van der Waals surface area contributed by atoms with Crippen LogP contribution in [0, 0.1) is 6.92 Å². The standard InChI is InChI=1S/C12H17N5OS/c1-8-9(6-15-17(8)2)5-14-12(18)10-7-19-11(16-10)3-4-13/h6-7H,3-5,13H2,1-2H3,(H,14,18). The maximum atomic E-state index is 11.9. The van der Waals surface area contributed by atoms with Gasteiger partial charge >= 0.3 is 0 Å². The summed E-state index contributed by atoms with van der Waals surface area (Å²) in [4.78, 5) is 16.2. The van der Waals surface area contributed by atoms with Crippen LogP contribution in [0.1, 0.15) is 26.8 Å². The van der Waals surface area contributed by atoms with E-state index in [1.165, 1.54) is 11.3 Å². The largest absolute Gasteiger partial charge is 0.346 e. The quantitative estimate of drug-likeness (QED) is 0.840. The molecule has 0 unspecified atom stereocenters. The predicted octanol–water partition coefficient (Wildman–Crippen LogP) is 0.616. The topological polar surface area (TPSA) is 85.8 Å². The van der Waals surface area contributed by atoms with Gasteiger partial charge in [0.15, 0.2) is 0 Å². The molecule has 19 heavy (non-hydrogen) atoms. The molecule has 0 spiro atoms. The minimum atomic E-state index is -0.164. The van der Waals surface area contributed by atoms with Gasteiger partial charge in [-0.15, -0.1) is 11.3 Å². The van der Waals surface area contributed by atoms with Crippen LogP contribution in [-0.4, -0.2) is 27.2 Å². The van der Waals surface area contributed by atoms with Gasteiger partial charge in [0.25, 0.3) is 5.91 Å². The molecule has 7 heteroatoms. The first-order chi connectivity index (χ1) is 9.11. The second kappa shape index (κ2) is 5.94. The summed E-state index contributed by atoms with van der Waals surface area (Å²) in [6, 6.07) is 0. The molecule has 2 aromatic heterocycles. The van der Waals surface area contributed by atoms with E-state index in [4.69, 9.17) is 5.73 Å². The highest BCUT2D eigenvalue weighted by atomic mass is 32.1. The molecule has 2 heterocycles. The number of hydrogen-bond donors (Lipinski definition) is 2. The normalized spacial score (nSPS) is 10.7. The van der Waals surface area contributed by atoms with Crippen LogP contribution in [0.15, 0.2) is 11.6 Å². The Labute approximate surface area is 115 Å². The van der Waals surface area contributed by atoms with E-state index in [1.54, 1.807) is 16.3 Å². The highest BCUT2D eigenvalue weighted by Gasteiger charge is 2.11. The van der Waals surface area contributed by atoms with Crippen molar-refractivity contribution in [2.45, 2.75) is 19.9 Å².